The molecule has 0 aliphatic heterocycles. The van der Waals surface area contributed by atoms with E-state index in [1.54, 1.807) is 5.56 Å². The molecule has 0 atom stereocenters. The average molecular weight is 447 g/mol. The van der Waals surface area contributed by atoms with Crippen LogP contribution in [0.2, 0.25) is 0 Å². The molecule has 0 amide bonds. The molecule has 2 aliphatic rings. The quantitative estimate of drug-likeness (QED) is 0.319. The first kappa shape index (κ1) is 24.2. The lowest BCUT2D eigenvalue weighted by Crippen LogP contribution is -2.13. The van der Waals surface area contributed by atoms with Crippen LogP contribution in [0.5, 0.6) is 0 Å². The number of hydrogen-bond acceptors (Lipinski definition) is 0. The third-order valence-corrected chi connectivity index (χ3v) is 8.59. The second kappa shape index (κ2) is 12.5. The highest BCUT2D eigenvalue weighted by molar-refractivity contribution is 5.29. The van der Waals surface area contributed by atoms with Gasteiger partial charge in [-0.3, -0.25) is 4.39 Å². The molecule has 0 spiro atoms. The molecule has 0 bridgehead atoms. The Hall–Kier alpha value is -1.89. The molecule has 0 N–H and O–H groups in total. The predicted octanol–water partition coefficient (Wildman–Crippen LogP) is 9.35. The van der Waals surface area contributed by atoms with Gasteiger partial charge >= 0.3 is 0 Å². The molecule has 0 radical (unpaired) electrons. The Labute approximate surface area is 201 Å². The van der Waals surface area contributed by atoms with E-state index < -0.39 is 0 Å². The van der Waals surface area contributed by atoms with Crippen LogP contribution in [0.1, 0.15) is 105 Å². The van der Waals surface area contributed by atoms with Gasteiger partial charge < -0.3 is 0 Å². The normalized spacial score (nSPS) is 25.6. The van der Waals surface area contributed by atoms with E-state index in [0.717, 1.165) is 31.1 Å². The van der Waals surface area contributed by atoms with Crippen LogP contribution in [0.4, 0.5) is 4.39 Å². The lowest BCUT2D eigenvalue weighted by Gasteiger charge is -2.28. The fourth-order valence-electron chi connectivity index (χ4n) is 6.28. The second-order valence-electron chi connectivity index (χ2n) is 10.8. The third kappa shape index (κ3) is 7.05. The summed E-state index contributed by atoms with van der Waals surface area (Å²) < 4.78 is 12.6. The number of benzene rings is 2. The summed E-state index contributed by atoms with van der Waals surface area (Å²) in [6, 6.07) is 18.9. The van der Waals surface area contributed by atoms with E-state index >= 15 is 0 Å². The van der Waals surface area contributed by atoms with Crippen molar-refractivity contribution < 1.29 is 4.39 Å². The van der Waals surface area contributed by atoms with Gasteiger partial charge in [0.25, 0.3) is 0 Å². The third-order valence-electron chi connectivity index (χ3n) is 8.59. The lowest BCUT2D eigenvalue weighted by atomic mass is 9.77. The van der Waals surface area contributed by atoms with Crippen LogP contribution < -0.4 is 0 Å². The van der Waals surface area contributed by atoms with Crippen molar-refractivity contribution in [2.45, 2.75) is 95.3 Å². The van der Waals surface area contributed by atoms with Gasteiger partial charge in [-0.25, -0.2) is 0 Å². The van der Waals surface area contributed by atoms with Gasteiger partial charge in [0.1, 0.15) is 0 Å². The molecule has 0 unspecified atom stereocenters. The monoisotopic (exact) mass is 446 g/mol. The van der Waals surface area contributed by atoms with E-state index in [2.05, 4.69) is 61.2 Å². The Kier molecular flexibility index (Phi) is 9.21. The maximum atomic E-state index is 12.6. The number of alkyl halides is 1. The number of allylic oxidation sites excluding steroid dienone is 1. The fourth-order valence-corrected chi connectivity index (χ4v) is 6.28. The second-order valence-corrected chi connectivity index (χ2v) is 10.8. The van der Waals surface area contributed by atoms with Gasteiger partial charge in [0.05, 0.1) is 6.67 Å². The van der Waals surface area contributed by atoms with Crippen LogP contribution in [-0.4, -0.2) is 6.67 Å². The molecule has 0 nitrogen and oxygen atoms in total. The summed E-state index contributed by atoms with van der Waals surface area (Å²) in [5.41, 5.74) is 5.92. The molecule has 2 aliphatic carbocycles. The topological polar surface area (TPSA) is 0 Å². The van der Waals surface area contributed by atoms with E-state index in [1.807, 2.05) is 0 Å². The summed E-state index contributed by atoms with van der Waals surface area (Å²) in [7, 11) is 0. The molecule has 0 saturated heterocycles. The molecule has 4 rings (SSSR count). The maximum Gasteiger partial charge on any atom is 0.0897 e. The van der Waals surface area contributed by atoms with Gasteiger partial charge in [-0.15, -0.1) is 6.58 Å². The summed E-state index contributed by atoms with van der Waals surface area (Å²) in [6.45, 7) is 3.72. The van der Waals surface area contributed by atoms with Crippen molar-refractivity contribution in [3.05, 3.63) is 83.4 Å². The van der Waals surface area contributed by atoms with Gasteiger partial charge in [-0.1, -0.05) is 54.6 Å². The number of halogens is 1. The zero-order valence-corrected chi connectivity index (χ0v) is 20.5. The summed E-state index contributed by atoms with van der Waals surface area (Å²) in [6.07, 6.45) is 17.9. The van der Waals surface area contributed by atoms with Crippen molar-refractivity contribution in [1.29, 1.82) is 0 Å². The Balaban J connectivity index is 1.21. The van der Waals surface area contributed by atoms with Crippen molar-refractivity contribution in [2.24, 2.45) is 11.8 Å². The Bertz CT molecular complexity index is 818. The van der Waals surface area contributed by atoms with Crippen LogP contribution in [0.25, 0.3) is 0 Å². The first-order valence-corrected chi connectivity index (χ1v) is 13.6. The smallest absolute Gasteiger partial charge is 0.0897 e. The van der Waals surface area contributed by atoms with Crippen LogP contribution in [-0.2, 0) is 12.8 Å². The summed E-state index contributed by atoms with van der Waals surface area (Å²) >= 11 is 0. The predicted molar refractivity (Wildman–Crippen MR) is 140 cm³/mol. The highest BCUT2D eigenvalue weighted by Crippen LogP contribution is 2.38. The highest BCUT2D eigenvalue weighted by Gasteiger charge is 2.23. The minimum atomic E-state index is -0.149. The van der Waals surface area contributed by atoms with Crippen LogP contribution in [0, 0.1) is 11.8 Å². The lowest BCUT2D eigenvalue weighted by molar-refractivity contribution is 0.283. The summed E-state index contributed by atoms with van der Waals surface area (Å²) in [4.78, 5) is 0. The minimum absolute atomic E-state index is 0.149. The van der Waals surface area contributed by atoms with Crippen molar-refractivity contribution in [3.63, 3.8) is 0 Å². The number of rotatable bonds is 10. The molecular weight excluding hydrogens is 403 g/mol. The zero-order valence-electron chi connectivity index (χ0n) is 20.5. The SMILES string of the molecule is C=CCCC1CCC(c2ccc(CCc3ccc(C4CCC(CCF)CC4)cc3)cc2)CC1. The van der Waals surface area contributed by atoms with Crippen molar-refractivity contribution in [1.82, 2.24) is 0 Å². The van der Waals surface area contributed by atoms with E-state index in [1.165, 1.54) is 80.9 Å². The number of aryl methyl sites for hydroxylation is 2. The van der Waals surface area contributed by atoms with Crippen molar-refractivity contribution in [2.75, 3.05) is 6.67 Å². The molecule has 0 heterocycles. The Morgan fingerprint density at radius 1 is 0.636 bits per heavy atom. The molecule has 2 fully saturated rings. The van der Waals surface area contributed by atoms with E-state index in [9.17, 15) is 4.39 Å². The molecule has 0 aromatic heterocycles. The highest BCUT2D eigenvalue weighted by atomic mass is 19.1. The summed E-state index contributed by atoms with van der Waals surface area (Å²) in [5.74, 6) is 2.98. The van der Waals surface area contributed by atoms with Gasteiger partial charge in [0.2, 0.25) is 0 Å². The standard InChI is InChI=1S/C32H43F/c1-2-3-4-25-7-15-29(16-8-25)30-17-9-26(10-18-30)5-6-27-11-19-31(20-12-27)32-21-13-28(14-22-32)23-24-33/h2,9-12,17-20,25,28-29,32H,1,3-8,13-16,21-24H2. The fraction of sp³-hybridized carbons (Fsp3) is 0.562. The number of hydrogen-bond donors (Lipinski definition) is 0. The zero-order chi connectivity index (χ0) is 22.9. The minimum Gasteiger partial charge on any atom is -0.251 e. The van der Waals surface area contributed by atoms with E-state index in [0.29, 0.717) is 11.8 Å². The first-order valence-electron chi connectivity index (χ1n) is 13.6. The van der Waals surface area contributed by atoms with Gasteiger partial charge in [-0.2, -0.15) is 0 Å². The molecule has 33 heavy (non-hydrogen) atoms. The van der Waals surface area contributed by atoms with Crippen LogP contribution >= 0.6 is 0 Å². The Morgan fingerprint density at radius 2 is 1.06 bits per heavy atom. The van der Waals surface area contributed by atoms with E-state index in [4.69, 9.17) is 0 Å². The van der Waals surface area contributed by atoms with Gasteiger partial charge in [0, 0.05) is 0 Å². The molecule has 2 aromatic rings. The van der Waals surface area contributed by atoms with E-state index in [-0.39, 0.29) is 6.67 Å². The maximum absolute atomic E-state index is 12.6. The molecular formula is C32H43F. The van der Waals surface area contributed by atoms with Crippen molar-refractivity contribution in [3.8, 4) is 0 Å². The molecule has 178 valence electrons. The molecule has 2 aromatic carbocycles. The van der Waals surface area contributed by atoms with Gasteiger partial charge in [-0.05, 0) is 129 Å². The van der Waals surface area contributed by atoms with Gasteiger partial charge in [0.15, 0.2) is 0 Å². The van der Waals surface area contributed by atoms with Crippen LogP contribution in [0.3, 0.4) is 0 Å². The summed E-state index contributed by atoms with van der Waals surface area (Å²) in [5, 5.41) is 0. The van der Waals surface area contributed by atoms with Crippen molar-refractivity contribution >= 4 is 0 Å². The Morgan fingerprint density at radius 3 is 1.45 bits per heavy atom. The first-order chi connectivity index (χ1) is 16.2. The largest absolute Gasteiger partial charge is 0.251 e. The average Bonchev–Trinajstić information content (AvgIpc) is 2.88. The molecule has 1 heteroatoms. The van der Waals surface area contributed by atoms with Crippen LogP contribution in [0.15, 0.2) is 61.2 Å². The molecule has 2 saturated carbocycles.